The molecular formula is C32H49Cl2N5O3. The number of amides is 1. The Morgan fingerprint density at radius 3 is 2.12 bits per heavy atom. The minimum absolute atomic E-state index is 0.140. The number of carbonyl (C=O) groups is 2. The predicted molar refractivity (Wildman–Crippen MR) is 173 cm³/mol. The first-order valence-electron chi connectivity index (χ1n) is 15.6. The molecule has 3 rings (SSSR count). The maximum absolute atomic E-state index is 12.9. The second-order valence-corrected chi connectivity index (χ2v) is 13.9. The van der Waals surface area contributed by atoms with E-state index in [9.17, 15) is 9.59 Å². The van der Waals surface area contributed by atoms with Gasteiger partial charge >= 0.3 is 5.97 Å². The lowest BCUT2D eigenvalue weighted by Crippen LogP contribution is -2.43. The summed E-state index contributed by atoms with van der Waals surface area (Å²) in [4.78, 5) is 30.1. The number of nitrogens with one attached hydrogen (secondary N) is 2. The van der Waals surface area contributed by atoms with Crippen LogP contribution < -0.4 is 10.7 Å². The van der Waals surface area contributed by atoms with Crippen LogP contribution in [-0.2, 0) is 14.3 Å². The summed E-state index contributed by atoms with van der Waals surface area (Å²) in [7, 11) is 0. The van der Waals surface area contributed by atoms with Gasteiger partial charge < -0.3 is 10.1 Å². The van der Waals surface area contributed by atoms with Crippen LogP contribution in [0.15, 0.2) is 34.4 Å². The zero-order valence-corrected chi connectivity index (χ0v) is 27.5. The normalized spacial score (nSPS) is 18.2. The Kier molecular flexibility index (Phi) is 13.0. The Bertz CT molecular complexity index is 1100. The van der Waals surface area contributed by atoms with Gasteiger partial charge in [-0.05, 0) is 37.1 Å². The molecule has 2 unspecified atom stereocenters. The van der Waals surface area contributed by atoms with Crippen molar-refractivity contribution >= 4 is 52.3 Å². The molecule has 2 N–H and O–H groups in total. The van der Waals surface area contributed by atoms with E-state index in [0.29, 0.717) is 17.2 Å². The van der Waals surface area contributed by atoms with Crippen LogP contribution in [-0.4, -0.2) is 45.6 Å². The molecule has 2 aliphatic rings. The van der Waals surface area contributed by atoms with E-state index in [4.69, 9.17) is 27.9 Å². The van der Waals surface area contributed by atoms with Crippen LogP contribution in [0.25, 0.3) is 0 Å². The third-order valence-electron chi connectivity index (χ3n) is 7.69. The van der Waals surface area contributed by atoms with E-state index in [0.717, 1.165) is 50.5 Å². The number of halogens is 2. The first kappa shape index (κ1) is 34.2. The molecule has 0 fully saturated rings. The molecule has 0 aliphatic carbocycles. The summed E-state index contributed by atoms with van der Waals surface area (Å²) >= 11 is 13.3. The smallest absolute Gasteiger partial charge is 0.309 e. The summed E-state index contributed by atoms with van der Waals surface area (Å²) in [5, 5.41) is 8.97. The minimum atomic E-state index is -1.25. The number of esters is 1. The average Bonchev–Trinajstić information content (AvgIpc) is 3.48. The molecule has 0 saturated carbocycles. The summed E-state index contributed by atoms with van der Waals surface area (Å²) in [5.41, 5.74) is 4.91. The van der Waals surface area contributed by atoms with Crippen molar-refractivity contribution in [3.05, 3.63) is 29.8 Å². The third kappa shape index (κ3) is 9.60. The number of amidine groups is 1. The molecule has 0 radical (unpaired) electrons. The molecule has 10 heteroatoms. The molecule has 0 bridgehead atoms. The van der Waals surface area contributed by atoms with E-state index in [1.54, 1.807) is 17.3 Å². The maximum atomic E-state index is 12.9. The first-order valence-corrected chi connectivity index (χ1v) is 16.4. The zero-order valence-electron chi connectivity index (χ0n) is 26.0. The second-order valence-electron chi connectivity index (χ2n) is 12.5. The lowest BCUT2D eigenvalue weighted by Gasteiger charge is -2.27. The monoisotopic (exact) mass is 621 g/mol. The van der Waals surface area contributed by atoms with Crippen LogP contribution in [0.3, 0.4) is 0 Å². The van der Waals surface area contributed by atoms with Gasteiger partial charge in [-0.2, -0.15) is 10.2 Å². The van der Waals surface area contributed by atoms with Crippen LogP contribution in [0.4, 0.5) is 5.69 Å². The molecule has 2 aliphatic heterocycles. The number of fused-ring (bicyclic) bond motifs is 1. The number of benzene rings is 1. The molecule has 234 valence electrons. The highest BCUT2D eigenvalue weighted by atomic mass is 35.5. The van der Waals surface area contributed by atoms with Crippen molar-refractivity contribution in [2.45, 2.75) is 122 Å². The number of rotatable bonds is 17. The van der Waals surface area contributed by atoms with Gasteiger partial charge in [0.05, 0.1) is 11.6 Å². The Labute approximate surface area is 262 Å². The number of alkyl halides is 2. The number of hydrazine groups is 1. The van der Waals surface area contributed by atoms with Gasteiger partial charge in [0.15, 0.2) is 18.6 Å². The topological polar surface area (TPSA) is 95.4 Å². The lowest BCUT2D eigenvalue weighted by atomic mass is 9.87. The van der Waals surface area contributed by atoms with Crippen LogP contribution in [0, 0.1) is 11.3 Å². The molecular weight excluding hydrogens is 573 g/mol. The molecule has 2 heterocycles. The van der Waals surface area contributed by atoms with E-state index in [-0.39, 0.29) is 29.8 Å². The van der Waals surface area contributed by atoms with Crippen LogP contribution >= 0.6 is 23.2 Å². The van der Waals surface area contributed by atoms with E-state index < -0.39 is 10.5 Å². The van der Waals surface area contributed by atoms with Crippen LogP contribution in [0.5, 0.6) is 0 Å². The molecule has 1 aromatic rings. The van der Waals surface area contributed by atoms with E-state index in [1.807, 2.05) is 32.9 Å². The largest absolute Gasteiger partial charge is 0.455 e. The molecule has 0 saturated heterocycles. The van der Waals surface area contributed by atoms with Crippen LogP contribution in [0.2, 0.25) is 0 Å². The number of nitrogens with zero attached hydrogens (tertiary/aromatic N) is 3. The molecule has 0 spiro atoms. The average molecular weight is 623 g/mol. The van der Waals surface area contributed by atoms with Gasteiger partial charge in [0.1, 0.15) is 0 Å². The Morgan fingerprint density at radius 2 is 1.55 bits per heavy atom. The SMILES string of the molecule is CCCCCCCCC(CCCCCC)C(=O)OCC(=O)Nc1ccc(C2=NC3N(N=C(C(C)(C)C)C3(Cl)Cl)N2)cc1. The summed E-state index contributed by atoms with van der Waals surface area (Å²) in [6, 6.07) is 7.22. The van der Waals surface area contributed by atoms with Gasteiger partial charge in [-0.1, -0.05) is 122 Å². The van der Waals surface area contributed by atoms with Crippen molar-refractivity contribution in [2.75, 3.05) is 11.9 Å². The first-order chi connectivity index (χ1) is 20.0. The van der Waals surface area contributed by atoms with Crippen molar-refractivity contribution in [3.8, 4) is 0 Å². The highest BCUT2D eigenvalue weighted by Crippen LogP contribution is 2.44. The van der Waals surface area contributed by atoms with Crippen molar-refractivity contribution in [1.29, 1.82) is 0 Å². The molecule has 8 nitrogen and oxygen atoms in total. The lowest BCUT2D eigenvalue weighted by molar-refractivity contribution is -0.152. The standard InChI is InChI=1S/C32H49Cl2N5O3/c1-6-8-10-12-13-15-17-24(16-14-11-9-7-2)28(41)42-22-26(40)35-25-20-18-23(19-21-25)27-36-30-32(33,34)29(31(3,4)5)38-39(30)37-27/h18-21,24,30H,6-17,22H2,1-5H3,(H,35,40)(H,36,37). The quantitative estimate of drug-likeness (QED) is 0.104. The number of hydrogen-bond acceptors (Lipinski definition) is 7. The fourth-order valence-corrected chi connectivity index (χ4v) is 6.23. The summed E-state index contributed by atoms with van der Waals surface area (Å²) < 4.78 is 4.22. The second kappa shape index (κ2) is 15.9. The number of hydrogen-bond donors (Lipinski definition) is 2. The number of hydrazone groups is 1. The highest BCUT2D eigenvalue weighted by molar-refractivity contribution is 6.60. The summed E-state index contributed by atoms with van der Waals surface area (Å²) in [6.45, 7) is 10.1. The van der Waals surface area contributed by atoms with Gasteiger partial charge in [-0.3, -0.25) is 15.0 Å². The van der Waals surface area contributed by atoms with Crippen molar-refractivity contribution < 1.29 is 14.3 Å². The minimum Gasteiger partial charge on any atom is -0.455 e. The van der Waals surface area contributed by atoms with Gasteiger partial charge in [0.25, 0.3) is 5.91 Å². The van der Waals surface area contributed by atoms with E-state index >= 15 is 0 Å². The van der Waals surface area contributed by atoms with Crippen molar-refractivity contribution in [2.24, 2.45) is 21.4 Å². The molecule has 2 atom stereocenters. The molecule has 1 amide bonds. The van der Waals surface area contributed by atoms with Crippen LogP contribution in [0.1, 0.15) is 117 Å². The number of aliphatic imine (C=N–C) groups is 1. The summed E-state index contributed by atoms with van der Waals surface area (Å²) in [6.07, 6.45) is 12.7. The number of anilines is 1. The summed E-state index contributed by atoms with van der Waals surface area (Å²) in [5.74, 6) is -0.179. The molecule has 0 aromatic heterocycles. The highest BCUT2D eigenvalue weighted by Gasteiger charge is 2.55. The Hall–Kier alpha value is -2.32. The fourth-order valence-electron chi connectivity index (χ4n) is 5.31. The number of carbonyl (C=O) groups excluding carboxylic acids is 2. The third-order valence-corrected chi connectivity index (χ3v) is 8.44. The van der Waals surface area contributed by atoms with E-state index in [1.165, 1.54) is 32.1 Å². The Balaban J connectivity index is 1.48. The molecule has 1 aromatic carbocycles. The number of ether oxygens (including phenoxy) is 1. The molecule has 42 heavy (non-hydrogen) atoms. The van der Waals surface area contributed by atoms with E-state index in [2.05, 4.69) is 34.7 Å². The van der Waals surface area contributed by atoms with Gasteiger partial charge in [0, 0.05) is 16.7 Å². The van der Waals surface area contributed by atoms with Gasteiger partial charge in [-0.15, -0.1) is 0 Å². The van der Waals surface area contributed by atoms with Gasteiger partial charge in [-0.25, -0.2) is 4.99 Å². The predicted octanol–water partition coefficient (Wildman–Crippen LogP) is 7.99. The van der Waals surface area contributed by atoms with Crippen molar-refractivity contribution in [1.82, 2.24) is 10.5 Å². The number of unbranched alkanes of at least 4 members (excludes halogenated alkanes) is 8. The zero-order chi connectivity index (χ0) is 30.8. The Morgan fingerprint density at radius 1 is 0.976 bits per heavy atom. The fraction of sp³-hybridized carbons (Fsp3) is 0.688. The maximum Gasteiger partial charge on any atom is 0.309 e. The van der Waals surface area contributed by atoms with Gasteiger partial charge in [0.2, 0.25) is 4.33 Å². The van der Waals surface area contributed by atoms with Crippen molar-refractivity contribution in [3.63, 3.8) is 0 Å².